The molecule has 0 bridgehead atoms. The Hall–Kier alpha value is -0.900. The number of hydrogen-bond donors (Lipinski definition) is 2. The van der Waals surface area contributed by atoms with Gasteiger partial charge in [-0.15, -0.1) is 24.0 Å². The minimum Gasteiger partial charge on any atom is -0.380 e. The molecule has 1 aromatic rings. The highest BCUT2D eigenvalue weighted by Gasteiger charge is 2.21. The van der Waals surface area contributed by atoms with E-state index in [1.807, 2.05) is 24.3 Å². The predicted octanol–water partition coefficient (Wildman–Crippen LogP) is 2.92. The van der Waals surface area contributed by atoms with Gasteiger partial charge in [0.2, 0.25) is 0 Å². The van der Waals surface area contributed by atoms with Gasteiger partial charge in [-0.25, -0.2) is 0 Å². The number of halogens is 1. The summed E-state index contributed by atoms with van der Waals surface area (Å²) in [6, 6.07) is 8.38. The molecular formula is C19H33IN4O2. The molecule has 0 radical (unpaired) electrons. The Morgan fingerprint density at radius 3 is 2.65 bits per heavy atom. The summed E-state index contributed by atoms with van der Waals surface area (Å²) >= 11 is 0. The molecule has 1 unspecified atom stereocenters. The maximum Gasteiger partial charge on any atom is 0.193 e. The SMILES string of the molecule is COCc1ccccc1NC(N)=NCC(CC(C)C)N1CCOCC1.I. The molecule has 1 heterocycles. The standard InChI is InChI=1S/C19H32N4O2.HI/c1-15(2)12-17(23-8-10-25-11-9-23)13-21-19(20)22-18-7-5-4-6-16(18)14-24-3;/h4-7,15,17H,8-14H2,1-3H3,(H3,20,21,22);1H. The number of hydrogen-bond acceptors (Lipinski definition) is 4. The molecule has 0 amide bonds. The number of guanidine groups is 1. The van der Waals surface area contributed by atoms with E-state index in [-0.39, 0.29) is 24.0 Å². The Kier molecular flexibility index (Phi) is 11.1. The lowest BCUT2D eigenvalue weighted by Crippen LogP contribution is -2.46. The minimum atomic E-state index is 0. The van der Waals surface area contributed by atoms with Crippen LogP contribution in [0, 0.1) is 5.92 Å². The van der Waals surface area contributed by atoms with Gasteiger partial charge in [-0.1, -0.05) is 32.0 Å². The van der Waals surface area contributed by atoms with Crippen molar-refractivity contribution in [2.24, 2.45) is 16.6 Å². The topological polar surface area (TPSA) is 72.1 Å². The van der Waals surface area contributed by atoms with Gasteiger partial charge in [0.25, 0.3) is 0 Å². The van der Waals surface area contributed by atoms with Crippen LogP contribution in [-0.2, 0) is 16.1 Å². The van der Waals surface area contributed by atoms with Crippen molar-refractivity contribution >= 4 is 35.6 Å². The van der Waals surface area contributed by atoms with Gasteiger partial charge in [0, 0.05) is 37.5 Å². The van der Waals surface area contributed by atoms with Crippen LogP contribution in [0.3, 0.4) is 0 Å². The Morgan fingerprint density at radius 2 is 2.00 bits per heavy atom. The third-order valence-electron chi connectivity index (χ3n) is 4.36. The van der Waals surface area contributed by atoms with E-state index in [0.29, 0.717) is 31.1 Å². The second kappa shape index (κ2) is 12.5. The van der Waals surface area contributed by atoms with Gasteiger partial charge in [0.15, 0.2) is 5.96 Å². The summed E-state index contributed by atoms with van der Waals surface area (Å²) < 4.78 is 10.7. The van der Waals surface area contributed by atoms with E-state index in [1.54, 1.807) is 7.11 Å². The molecule has 0 saturated carbocycles. The van der Waals surface area contributed by atoms with Crippen molar-refractivity contribution < 1.29 is 9.47 Å². The van der Waals surface area contributed by atoms with Gasteiger partial charge in [-0.3, -0.25) is 9.89 Å². The fourth-order valence-electron chi connectivity index (χ4n) is 3.13. The Morgan fingerprint density at radius 1 is 1.31 bits per heavy atom. The van der Waals surface area contributed by atoms with Gasteiger partial charge in [0.05, 0.1) is 26.4 Å². The van der Waals surface area contributed by atoms with E-state index in [9.17, 15) is 0 Å². The molecule has 1 aromatic carbocycles. The molecule has 1 fully saturated rings. The summed E-state index contributed by atoms with van der Waals surface area (Å²) in [6.45, 7) is 9.28. The van der Waals surface area contributed by atoms with Gasteiger partial charge in [-0.05, 0) is 18.4 Å². The summed E-state index contributed by atoms with van der Waals surface area (Å²) in [4.78, 5) is 7.08. The van der Waals surface area contributed by atoms with E-state index < -0.39 is 0 Å². The lowest BCUT2D eigenvalue weighted by atomic mass is 10.0. The highest BCUT2D eigenvalue weighted by molar-refractivity contribution is 14.0. The molecule has 3 N–H and O–H groups in total. The number of anilines is 1. The lowest BCUT2D eigenvalue weighted by molar-refractivity contribution is 0.0143. The number of nitrogens with two attached hydrogens (primary N) is 1. The first-order chi connectivity index (χ1) is 12.1. The number of benzene rings is 1. The molecule has 7 heteroatoms. The van der Waals surface area contributed by atoms with Crippen LogP contribution >= 0.6 is 24.0 Å². The van der Waals surface area contributed by atoms with Crippen LogP contribution in [0.2, 0.25) is 0 Å². The minimum absolute atomic E-state index is 0. The maximum atomic E-state index is 6.13. The molecule has 1 saturated heterocycles. The summed E-state index contributed by atoms with van der Waals surface area (Å²) in [7, 11) is 1.69. The molecule has 1 aliphatic heterocycles. The van der Waals surface area contributed by atoms with Crippen LogP contribution in [0.15, 0.2) is 29.3 Å². The Labute approximate surface area is 174 Å². The maximum absolute atomic E-state index is 6.13. The summed E-state index contributed by atoms with van der Waals surface area (Å²) in [5.74, 6) is 1.07. The molecule has 1 atom stereocenters. The third kappa shape index (κ3) is 7.77. The largest absolute Gasteiger partial charge is 0.380 e. The average Bonchev–Trinajstić information content (AvgIpc) is 2.61. The van der Waals surface area contributed by atoms with Crippen LogP contribution in [0.5, 0.6) is 0 Å². The van der Waals surface area contributed by atoms with E-state index in [0.717, 1.165) is 44.0 Å². The van der Waals surface area contributed by atoms with Crippen molar-refractivity contribution in [1.82, 2.24) is 4.90 Å². The van der Waals surface area contributed by atoms with Gasteiger partial charge >= 0.3 is 0 Å². The summed E-state index contributed by atoms with van der Waals surface area (Å²) in [5.41, 5.74) is 8.14. The van der Waals surface area contributed by atoms with Crippen LogP contribution in [0.4, 0.5) is 5.69 Å². The second-order valence-electron chi connectivity index (χ2n) is 6.87. The summed E-state index contributed by atoms with van der Waals surface area (Å²) in [5, 5.41) is 3.21. The van der Waals surface area contributed by atoms with E-state index in [2.05, 4.69) is 29.1 Å². The number of aliphatic imine (C=N–C) groups is 1. The first kappa shape index (κ1) is 23.1. The predicted molar refractivity (Wildman–Crippen MR) is 118 cm³/mol. The highest BCUT2D eigenvalue weighted by Crippen LogP contribution is 2.16. The first-order valence-corrected chi connectivity index (χ1v) is 9.05. The first-order valence-electron chi connectivity index (χ1n) is 9.05. The third-order valence-corrected chi connectivity index (χ3v) is 4.36. The molecule has 0 spiro atoms. The number of morpholine rings is 1. The number of nitrogens with zero attached hydrogens (tertiary/aromatic N) is 2. The fourth-order valence-corrected chi connectivity index (χ4v) is 3.13. The molecule has 148 valence electrons. The molecule has 6 nitrogen and oxygen atoms in total. The molecule has 1 aliphatic rings. The zero-order valence-electron chi connectivity index (χ0n) is 16.1. The monoisotopic (exact) mass is 476 g/mol. The van der Waals surface area contributed by atoms with Crippen LogP contribution in [0.25, 0.3) is 0 Å². The average molecular weight is 476 g/mol. The number of methoxy groups -OCH3 is 1. The van der Waals surface area contributed by atoms with E-state index in [1.165, 1.54) is 0 Å². The molecular weight excluding hydrogens is 443 g/mol. The Bertz CT molecular complexity index is 548. The van der Waals surface area contributed by atoms with Crippen molar-refractivity contribution in [2.45, 2.75) is 32.9 Å². The van der Waals surface area contributed by atoms with Crippen molar-refractivity contribution in [2.75, 3.05) is 45.3 Å². The molecule has 26 heavy (non-hydrogen) atoms. The van der Waals surface area contributed by atoms with E-state index >= 15 is 0 Å². The number of nitrogens with one attached hydrogen (secondary N) is 1. The van der Waals surface area contributed by atoms with Crippen LogP contribution in [0.1, 0.15) is 25.8 Å². The number of rotatable bonds is 8. The van der Waals surface area contributed by atoms with E-state index in [4.69, 9.17) is 15.2 Å². The summed E-state index contributed by atoms with van der Waals surface area (Å²) in [6.07, 6.45) is 1.11. The van der Waals surface area contributed by atoms with Gasteiger partial charge in [-0.2, -0.15) is 0 Å². The van der Waals surface area contributed by atoms with Gasteiger partial charge < -0.3 is 20.5 Å². The van der Waals surface area contributed by atoms with Crippen LogP contribution in [-0.4, -0.2) is 56.9 Å². The molecule has 2 rings (SSSR count). The van der Waals surface area contributed by atoms with Crippen molar-refractivity contribution in [3.05, 3.63) is 29.8 Å². The quantitative estimate of drug-likeness (QED) is 0.343. The van der Waals surface area contributed by atoms with Gasteiger partial charge in [0.1, 0.15) is 0 Å². The zero-order chi connectivity index (χ0) is 18.1. The zero-order valence-corrected chi connectivity index (χ0v) is 18.4. The lowest BCUT2D eigenvalue weighted by Gasteiger charge is -2.34. The normalized spacial score (nSPS) is 17.0. The highest BCUT2D eigenvalue weighted by atomic mass is 127. The van der Waals surface area contributed by atoms with Crippen molar-refractivity contribution in [1.29, 1.82) is 0 Å². The fraction of sp³-hybridized carbons (Fsp3) is 0.632. The second-order valence-corrected chi connectivity index (χ2v) is 6.87. The Balaban J connectivity index is 0.00000338. The molecule has 0 aromatic heterocycles. The molecule has 0 aliphatic carbocycles. The van der Waals surface area contributed by atoms with Crippen molar-refractivity contribution in [3.63, 3.8) is 0 Å². The van der Waals surface area contributed by atoms with Crippen molar-refractivity contribution in [3.8, 4) is 0 Å². The van der Waals surface area contributed by atoms with Crippen LogP contribution < -0.4 is 11.1 Å². The number of para-hydroxylation sites is 1. The smallest absolute Gasteiger partial charge is 0.193 e. The number of ether oxygens (including phenoxy) is 2.